The summed E-state index contributed by atoms with van der Waals surface area (Å²) in [6, 6.07) is 9.75. The second kappa shape index (κ2) is 4.99. The summed E-state index contributed by atoms with van der Waals surface area (Å²) in [6.45, 7) is 1.23. The zero-order valence-electron chi connectivity index (χ0n) is 8.71. The molecule has 1 aromatic rings. The fraction of sp³-hybridized carbons (Fsp3) is 0.273. The monoisotopic (exact) mass is 237 g/mol. The summed E-state index contributed by atoms with van der Waals surface area (Å²) >= 11 is 5.61. The van der Waals surface area contributed by atoms with Crippen molar-refractivity contribution in [2.45, 2.75) is 0 Å². The molecule has 84 valence electrons. The Balaban J connectivity index is 2.01. The minimum Gasteiger partial charge on any atom is -0.308 e. The lowest BCUT2D eigenvalue weighted by molar-refractivity contribution is 0.198. The van der Waals surface area contributed by atoms with Crippen LogP contribution in [-0.4, -0.2) is 41.2 Å². The number of hydrazone groups is 1. The average molecular weight is 238 g/mol. The van der Waals surface area contributed by atoms with Gasteiger partial charge >= 0.3 is 6.03 Å². The van der Waals surface area contributed by atoms with Crippen LogP contribution in [0.5, 0.6) is 0 Å². The Morgan fingerprint density at radius 1 is 1.31 bits per heavy atom. The van der Waals surface area contributed by atoms with E-state index >= 15 is 0 Å². The molecule has 0 unspecified atom stereocenters. The highest BCUT2D eigenvalue weighted by Crippen LogP contribution is 2.09. The van der Waals surface area contributed by atoms with Gasteiger partial charge in [0.1, 0.15) is 0 Å². The quantitative estimate of drug-likeness (QED) is 0.450. The molecule has 0 aliphatic carbocycles. The molecule has 1 fully saturated rings. The number of benzene rings is 1. The van der Waals surface area contributed by atoms with Crippen molar-refractivity contribution in [1.29, 1.82) is 0 Å². The molecule has 1 saturated heterocycles. The van der Waals surface area contributed by atoms with Crippen molar-refractivity contribution >= 4 is 23.8 Å². The largest absolute Gasteiger partial charge is 0.341 e. The lowest BCUT2D eigenvalue weighted by atomic mass is 10.2. The molecular weight excluding hydrogens is 226 g/mol. The molecule has 0 radical (unpaired) electrons. The molecule has 5 heteroatoms. The standard InChI is InChI=1S/C11H12ClN3O/c12-9-14-6-7-15(11(14)16)13-8-10-4-2-1-3-5-10/h1-5,8H,6-7,9H2/b13-8+. The highest BCUT2D eigenvalue weighted by Gasteiger charge is 2.26. The Morgan fingerprint density at radius 2 is 2.06 bits per heavy atom. The van der Waals surface area contributed by atoms with E-state index in [4.69, 9.17) is 11.6 Å². The van der Waals surface area contributed by atoms with Crippen LogP contribution < -0.4 is 0 Å². The van der Waals surface area contributed by atoms with Gasteiger partial charge in [0, 0.05) is 6.54 Å². The highest BCUT2D eigenvalue weighted by atomic mass is 35.5. The van der Waals surface area contributed by atoms with Crippen LogP contribution >= 0.6 is 11.6 Å². The number of hydrogen-bond donors (Lipinski definition) is 0. The number of rotatable bonds is 3. The minimum atomic E-state index is -0.137. The molecular formula is C11H12ClN3O. The molecule has 0 spiro atoms. The molecule has 2 rings (SSSR count). The van der Waals surface area contributed by atoms with E-state index in [0.29, 0.717) is 13.1 Å². The summed E-state index contributed by atoms with van der Waals surface area (Å²) in [4.78, 5) is 13.2. The van der Waals surface area contributed by atoms with Gasteiger partial charge in [-0.3, -0.25) is 0 Å². The molecule has 16 heavy (non-hydrogen) atoms. The molecule has 0 saturated carbocycles. The number of alkyl halides is 1. The molecule has 0 N–H and O–H groups in total. The summed E-state index contributed by atoms with van der Waals surface area (Å²) in [6.07, 6.45) is 1.68. The lowest BCUT2D eigenvalue weighted by Gasteiger charge is -2.11. The van der Waals surface area contributed by atoms with Crippen LogP contribution in [0.3, 0.4) is 0 Å². The minimum absolute atomic E-state index is 0.137. The SMILES string of the molecule is O=C1N(CCl)CCN1/N=C/c1ccccc1. The smallest absolute Gasteiger partial charge is 0.308 e. The van der Waals surface area contributed by atoms with Crippen molar-refractivity contribution in [2.75, 3.05) is 19.1 Å². The number of halogens is 1. The Labute approximate surface area is 99.1 Å². The second-order valence-corrected chi connectivity index (χ2v) is 3.68. The van der Waals surface area contributed by atoms with E-state index in [1.54, 1.807) is 11.1 Å². The molecule has 2 amide bonds. The average Bonchev–Trinajstić information content (AvgIpc) is 2.69. The van der Waals surface area contributed by atoms with Crippen LogP contribution in [0.15, 0.2) is 35.4 Å². The molecule has 0 atom stereocenters. The van der Waals surface area contributed by atoms with Gasteiger partial charge in [0.05, 0.1) is 18.8 Å². The van der Waals surface area contributed by atoms with Gasteiger partial charge in [-0.1, -0.05) is 30.3 Å². The van der Waals surface area contributed by atoms with Gasteiger partial charge in [-0.2, -0.15) is 5.10 Å². The lowest BCUT2D eigenvalue weighted by Crippen LogP contribution is -2.27. The Bertz CT molecular complexity index is 393. The first-order valence-electron chi connectivity index (χ1n) is 5.02. The zero-order chi connectivity index (χ0) is 11.4. The van der Waals surface area contributed by atoms with Crippen LogP contribution in [0.25, 0.3) is 0 Å². The van der Waals surface area contributed by atoms with E-state index in [-0.39, 0.29) is 12.0 Å². The van der Waals surface area contributed by atoms with Crippen LogP contribution in [0.1, 0.15) is 5.56 Å². The Kier molecular flexibility index (Phi) is 3.41. The van der Waals surface area contributed by atoms with Gasteiger partial charge in [0.2, 0.25) is 0 Å². The fourth-order valence-corrected chi connectivity index (χ4v) is 1.69. The van der Waals surface area contributed by atoms with Crippen LogP contribution in [0.4, 0.5) is 4.79 Å². The van der Waals surface area contributed by atoms with Gasteiger partial charge in [-0.25, -0.2) is 9.80 Å². The molecule has 1 aromatic carbocycles. The predicted molar refractivity (Wildman–Crippen MR) is 63.6 cm³/mol. The highest BCUT2D eigenvalue weighted by molar-refractivity contribution is 6.18. The topological polar surface area (TPSA) is 35.9 Å². The maximum atomic E-state index is 11.6. The summed E-state index contributed by atoms with van der Waals surface area (Å²) < 4.78 is 0. The van der Waals surface area contributed by atoms with Crippen molar-refractivity contribution in [2.24, 2.45) is 5.10 Å². The molecule has 4 nitrogen and oxygen atoms in total. The Morgan fingerprint density at radius 3 is 2.69 bits per heavy atom. The van der Waals surface area contributed by atoms with Crippen molar-refractivity contribution < 1.29 is 4.79 Å². The first kappa shape index (κ1) is 11.0. The van der Waals surface area contributed by atoms with Gasteiger partial charge in [-0.15, -0.1) is 11.6 Å². The third-order valence-electron chi connectivity index (χ3n) is 2.36. The van der Waals surface area contributed by atoms with Crippen molar-refractivity contribution in [3.8, 4) is 0 Å². The summed E-state index contributed by atoms with van der Waals surface area (Å²) in [5, 5.41) is 5.56. The zero-order valence-corrected chi connectivity index (χ0v) is 9.47. The van der Waals surface area contributed by atoms with Crippen LogP contribution in [0.2, 0.25) is 0 Å². The predicted octanol–water partition coefficient (Wildman–Crippen LogP) is 1.95. The van der Waals surface area contributed by atoms with E-state index in [0.717, 1.165) is 5.56 Å². The van der Waals surface area contributed by atoms with E-state index in [2.05, 4.69) is 5.10 Å². The van der Waals surface area contributed by atoms with Gasteiger partial charge in [0.15, 0.2) is 0 Å². The molecule has 0 aromatic heterocycles. The Hall–Kier alpha value is -1.55. The van der Waals surface area contributed by atoms with Gasteiger partial charge in [-0.05, 0) is 5.56 Å². The van der Waals surface area contributed by atoms with E-state index in [9.17, 15) is 4.79 Å². The maximum Gasteiger partial charge on any atom is 0.341 e. The number of carbonyl (C=O) groups is 1. The first-order chi connectivity index (χ1) is 7.81. The van der Waals surface area contributed by atoms with E-state index in [1.807, 2.05) is 30.3 Å². The number of hydrogen-bond acceptors (Lipinski definition) is 2. The third-order valence-corrected chi connectivity index (χ3v) is 2.65. The van der Waals surface area contributed by atoms with Crippen LogP contribution in [-0.2, 0) is 0 Å². The first-order valence-corrected chi connectivity index (χ1v) is 5.56. The number of amides is 2. The summed E-state index contributed by atoms with van der Waals surface area (Å²) in [5.74, 6) is 0. The molecule has 1 heterocycles. The normalized spacial score (nSPS) is 16.4. The molecule has 1 aliphatic heterocycles. The molecule has 0 bridgehead atoms. The number of urea groups is 1. The second-order valence-electron chi connectivity index (χ2n) is 3.44. The van der Waals surface area contributed by atoms with Gasteiger partial charge in [0.25, 0.3) is 0 Å². The summed E-state index contributed by atoms with van der Waals surface area (Å²) in [7, 11) is 0. The fourth-order valence-electron chi connectivity index (χ4n) is 1.46. The number of nitrogens with zero attached hydrogens (tertiary/aromatic N) is 3. The summed E-state index contributed by atoms with van der Waals surface area (Å²) in [5.41, 5.74) is 0.972. The van der Waals surface area contributed by atoms with E-state index in [1.165, 1.54) is 5.01 Å². The van der Waals surface area contributed by atoms with Gasteiger partial charge < -0.3 is 4.90 Å². The van der Waals surface area contributed by atoms with Crippen molar-refractivity contribution in [3.05, 3.63) is 35.9 Å². The van der Waals surface area contributed by atoms with Crippen molar-refractivity contribution in [3.63, 3.8) is 0 Å². The number of carbonyl (C=O) groups excluding carboxylic acids is 1. The van der Waals surface area contributed by atoms with E-state index < -0.39 is 0 Å². The van der Waals surface area contributed by atoms with Crippen molar-refractivity contribution in [1.82, 2.24) is 9.91 Å². The maximum absolute atomic E-state index is 11.6. The van der Waals surface area contributed by atoms with Crippen LogP contribution in [0, 0.1) is 0 Å². The molecule has 1 aliphatic rings. The third kappa shape index (κ3) is 2.33.